The van der Waals surface area contributed by atoms with Gasteiger partial charge >= 0.3 is 5.97 Å². The van der Waals surface area contributed by atoms with Gasteiger partial charge in [-0.15, -0.1) is 0 Å². The van der Waals surface area contributed by atoms with Crippen LogP contribution in [0, 0.1) is 0 Å². The summed E-state index contributed by atoms with van der Waals surface area (Å²) in [5.41, 5.74) is 2.47. The minimum absolute atomic E-state index is 0.143. The van der Waals surface area contributed by atoms with Crippen LogP contribution in [0.1, 0.15) is 18.1 Å². The standard InChI is InChI=1S/C16H20O5/c1-10(2)15-13(20-4)7-11(8-14(15)21-5)6-12(9-19-3)16(17)18/h7-9H,1,6H2,2-5H3,(H,17,18). The van der Waals surface area contributed by atoms with Gasteiger partial charge in [0.05, 0.1) is 38.7 Å². The third-order valence-corrected chi connectivity index (χ3v) is 2.92. The summed E-state index contributed by atoms with van der Waals surface area (Å²) in [7, 11) is 4.51. The maximum atomic E-state index is 11.2. The zero-order valence-corrected chi connectivity index (χ0v) is 12.7. The summed E-state index contributed by atoms with van der Waals surface area (Å²) in [6.45, 7) is 5.76. The van der Waals surface area contributed by atoms with Gasteiger partial charge in [0.25, 0.3) is 0 Å². The predicted octanol–water partition coefficient (Wildman–Crippen LogP) is 2.89. The first-order valence-corrected chi connectivity index (χ1v) is 6.30. The van der Waals surface area contributed by atoms with E-state index in [2.05, 4.69) is 6.58 Å². The molecule has 0 aliphatic carbocycles. The highest BCUT2D eigenvalue weighted by Crippen LogP contribution is 2.36. The molecule has 0 saturated carbocycles. The highest BCUT2D eigenvalue weighted by Gasteiger charge is 2.16. The van der Waals surface area contributed by atoms with E-state index < -0.39 is 5.97 Å². The number of methoxy groups -OCH3 is 3. The number of hydrogen-bond acceptors (Lipinski definition) is 4. The molecule has 5 heteroatoms. The molecule has 1 aromatic rings. The third kappa shape index (κ3) is 4.02. The Bertz CT molecular complexity index is 547. The molecule has 0 aromatic heterocycles. The minimum Gasteiger partial charge on any atom is -0.504 e. The SMILES string of the molecule is C=C(C)c1c(OC)cc(CC(=COC)C(=O)O)cc1OC. The molecule has 21 heavy (non-hydrogen) atoms. The summed E-state index contributed by atoms with van der Waals surface area (Å²) in [5, 5.41) is 9.14. The normalized spacial score (nSPS) is 11.0. The molecule has 0 amide bonds. The van der Waals surface area contributed by atoms with Crippen molar-refractivity contribution in [2.75, 3.05) is 21.3 Å². The van der Waals surface area contributed by atoms with Gasteiger partial charge in [-0.25, -0.2) is 4.79 Å². The van der Waals surface area contributed by atoms with Crippen LogP contribution in [0.5, 0.6) is 11.5 Å². The van der Waals surface area contributed by atoms with Crippen LogP contribution in [-0.4, -0.2) is 32.4 Å². The topological polar surface area (TPSA) is 65.0 Å². The fourth-order valence-corrected chi connectivity index (χ4v) is 2.02. The van der Waals surface area contributed by atoms with Crippen molar-refractivity contribution in [2.45, 2.75) is 13.3 Å². The zero-order valence-electron chi connectivity index (χ0n) is 12.7. The second-order valence-corrected chi connectivity index (χ2v) is 4.52. The second kappa shape index (κ2) is 7.38. The fourth-order valence-electron chi connectivity index (χ4n) is 2.02. The number of carboxylic acids is 1. The number of aliphatic carboxylic acids is 1. The van der Waals surface area contributed by atoms with Crippen LogP contribution in [-0.2, 0) is 16.0 Å². The molecule has 1 N–H and O–H groups in total. The van der Waals surface area contributed by atoms with E-state index in [0.29, 0.717) is 11.5 Å². The van der Waals surface area contributed by atoms with Gasteiger partial charge in [0.1, 0.15) is 11.5 Å². The van der Waals surface area contributed by atoms with Gasteiger partial charge < -0.3 is 19.3 Å². The lowest BCUT2D eigenvalue weighted by atomic mass is 9.99. The molecule has 0 aliphatic rings. The molecule has 1 aromatic carbocycles. The van der Waals surface area contributed by atoms with E-state index in [-0.39, 0.29) is 12.0 Å². The van der Waals surface area contributed by atoms with Crippen LogP contribution in [0.2, 0.25) is 0 Å². The lowest BCUT2D eigenvalue weighted by Crippen LogP contribution is -2.05. The van der Waals surface area contributed by atoms with E-state index in [1.54, 1.807) is 26.4 Å². The van der Waals surface area contributed by atoms with Gasteiger partial charge in [-0.1, -0.05) is 6.58 Å². The molecule has 1 rings (SSSR count). The van der Waals surface area contributed by atoms with Crippen molar-refractivity contribution in [1.29, 1.82) is 0 Å². The zero-order chi connectivity index (χ0) is 16.0. The molecule has 114 valence electrons. The summed E-state index contributed by atoms with van der Waals surface area (Å²) in [6.07, 6.45) is 1.42. The minimum atomic E-state index is -1.03. The average molecular weight is 292 g/mol. The second-order valence-electron chi connectivity index (χ2n) is 4.52. The smallest absolute Gasteiger partial charge is 0.335 e. The molecule has 5 nitrogen and oxygen atoms in total. The summed E-state index contributed by atoms with van der Waals surface area (Å²) >= 11 is 0. The summed E-state index contributed by atoms with van der Waals surface area (Å²) in [5.74, 6) is 0.164. The van der Waals surface area contributed by atoms with Crippen LogP contribution >= 0.6 is 0 Å². The highest BCUT2D eigenvalue weighted by atomic mass is 16.5. The molecule has 0 atom stereocenters. The van der Waals surface area contributed by atoms with Crippen LogP contribution in [0.4, 0.5) is 0 Å². The average Bonchev–Trinajstić information content (AvgIpc) is 2.45. The number of rotatable bonds is 7. The molecule has 0 aliphatic heterocycles. The monoisotopic (exact) mass is 292 g/mol. The number of ether oxygens (including phenoxy) is 3. The number of allylic oxidation sites excluding steroid dienone is 1. The van der Waals surface area contributed by atoms with Gasteiger partial charge in [0.15, 0.2) is 0 Å². The predicted molar refractivity (Wildman–Crippen MR) is 80.7 cm³/mol. The summed E-state index contributed by atoms with van der Waals surface area (Å²) in [6, 6.07) is 3.55. The van der Waals surface area contributed by atoms with Crippen molar-refractivity contribution in [1.82, 2.24) is 0 Å². The molecular formula is C16H20O5. The first kappa shape index (κ1) is 16.6. The van der Waals surface area contributed by atoms with Gasteiger partial charge in [0, 0.05) is 6.42 Å². The Morgan fingerprint density at radius 1 is 1.24 bits per heavy atom. The number of benzene rings is 1. The molecule has 0 spiro atoms. The van der Waals surface area contributed by atoms with E-state index in [0.717, 1.165) is 16.7 Å². The van der Waals surface area contributed by atoms with Crippen molar-refractivity contribution in [2.24, 2.45) is 0 Å². The van der Waals surface area contributed by atoms with Crippen LogP contribution in [0.15, 0.2) is 30.5 Å². The van der Waals surface area contributed by atoms with E-state index in [1.165, 1.54) is 13.4 Å². The van der Waals surface area contributed by atoms with Crippen molar-refractivity contribution < 1.29 is 24.1 Å². The Hall–Kier alpha value is -2.43. The Morgan fingerprint density at radius 3 is 2.10 bits per heavy atom. The maximum absolute atomic E-state index is 11.2. The number of carbonyl (C=O) groups is 1. The van der Waals surface area contributed by atoms with Gasteiger partial charge in [0.2, 0.25) is 0 Å². The molecular weight excluding hydrogens is 272 g/mol. The Kier molecular flexibility index (Phi) is 5.84. The fraction of sp³-hybridized carbons (Fsp3) is 0.312. The molecule has 0 bridgehead atoms. The summed E-state index contributed by atoms with van der Waals surface area (Å²) < 4.78 is 15.5. The van der Waals surface area contributed by atoms with E-state index >= 15 is 0 Å². The van der Waals surface area contributed by atoms with Crippen molar-refractivity contribution in [3.05, 3.63) is 41.7 Å². The Balaban J connectivity index is 3.30. The Labute approximate surface area is 124 Å². The molecule has 0 saturated heterocycles. The van der Waals surface area contributed by atoms with E-state index in [1.807, 2.05) is 6.92 Å². The number of hydrogen-bond donors (Lipinski definition) is 1. The van der Waals surface area contributed by atoms with Gasteiger partial charge in [-0.05, 0) is 30.2 Å². The first-order chi connectivity index (χ1) is 9.94. The van der Waals surface area contributed by atoms with Crippen molar-refractivity contribution in [3.63, 3.8) is 0 Å². The van der Waals surface area contributed by atoms with Crippen LogP contribution in [0.3, 0.4) is 0 Å². The first-order valence-electron chi connectivity index (χ1n) is 6.30. The van der Waals surface area contributed by atoms with Gasteiger partial charge in [-0.3, -0.25) is 0 Å². The lowest BCUT2D eigenvalue weighted by Gasteiger charge is -2.15. The molecule has 0 radical (unpaired) electrons. The molecule has 0 fully saturated rings. The third-order valence-electron chi connectivity index (χ3n) is 2.92. The highest BCUT2D eigenvalue weighted by molar-refractivity contribution is 5.87. The lowest BCUT2D eigenvalue weighted by molar-refractivity contribution is -0.132. The Morgan fingerprint density at radius 2 is 1.76 bits per heavy atom. The van der Waals surface area contributed by atoms with Crippen molar-refractivity contribution >= 4 is 11.5 Å². The van der Waals surface area contributed by atoms with E-state index in [9.17, 15) is 4.79 Å². The molecule has 0 unspecified atom stereocenters. The van der Waals surface area contributed by atoms with Crippen LogP contribution < -0.4 is 9.47 Å². The largest absolute Gasteiger partial charge is 0.504 e. The van der Waals surface area contributed by atoms with Crippen LogP contribution in [0.25, 0.3) is 5.57 Å². The quantitative estimate of drug-likeness (QED) is 0.618. The van der Waals surface area contributed by atoms with Crippen molar-refractivity contribution in [3.8, 4) is 11.5 Å². The van der Waals surface area contributed by atoms with E-state index in [4.69, 9.17) is 19.3 Å². The maximum Gasteiger partial charge on any atom is 0.335 e. The molecule has 0 heterocycles. The van der Waals surface area contributed by atoms with Gasteiger partial charge in [-0.2, -0.15) is 0 Å². The number of carboxylic acid groups (broad SMARTS) is 1. The summed E-state index contributed by atoms with van der Waals surface area (Å²) in [4.78, 5) is 11.2.